The van der Waals surface area contributed by atoms with Gasteiger partial charge in [-0.25, -0.2) is 0 Å². The fourth-order valence-electron chi connectivity index (χ4n) is 4.95. The first-order valence-electron chi connectivity index (χ1n) is 9.29. The Morgan fingerprint density at radius 2 is 1.60 bits per heavy atom. The smallest absolute Gasteiger partial charge is 0.0334 e. The average Bonchev–Trinajstić information content (AvgIpc) is 2.92. The number of hydrogen-bond donors (Lipinski definition) is 1. The summed E-state index contributed by atoms with van der Waals surface area (Å²) in [6, 6.07) is 0.804. The van der Waals surface area contributed by atoms with Crippen LogP contribution in [0.5, 0.6) is 0 Å². The first-order valence-corrected chi connectivity index (χ1v) is 9.29. The van der Waals surface area contributed by atoms with E-state index in [-0.39, 0.29) is 0 Å². The first-order chi connectivity index (χ1) is 9.80. The van der Waals surface area contributed by atoms with Crippen LogP contribution in [-0.4, -0.2) is 36.1 Å². The van der Waals surface area contributed by atoms with E-state index < -0.39 is 0 Å². The summed E-state index contributed by atoms with van der Waals surface area (Å²) in [5.41, 5.74) is 0.515. The van der Waals surface area contributed by atoms with E-state index in [9.17, 15) is 0 Å². The molecule has 2 aliphatic carbocycles. The van der Waals surface area contributed by atoms with Gasteiger partial charge in [0.1, 0.15) is 0 Å². The molecule has 20 heavy (non-hydrogen) atoms. The zero-order valence-corrected chi connectivity index (χ0v) is 13.5. The van der Waals surface area contributed by atoms with E-state index in [4.69, 9.17) is 0 Å². The Hall–Kier alpha value is -0.0800. The van der Waals surface area contributed by atoms with Crippen molar-refractivity contribution in [3.8, 4) is 0 Å². The van der Waals surface area contributed by atoms with Crippen molar-refractivity contribution in [2.45, 2.75) is 89.1 Å². The molecule has 0 aromatic heterocycles. The van der Waals surface area contributed by atoms with E-state index in [1.165, 1.54) is 90.3 Å². The molecule has 116 valence electrons. The third kappa shape index (κ3) is 3.22. The summed E-state index contributed by atoms with van der Waals surface area (Å²) in [6.45, 7) is 6.44. The van der Waals surface area contributed by atoms with Gasteiger partial charge in [0.25, 0.3) is 0 Å². The lowest BCUT2D eigenvalue weighted by molar-refractivity contribution is 0.0306. The molecule has 2 nitrogen and oxygen atoms in total. The molecule has 0 amide bonds. The molecule has 2 saturated carbocycles. The fraction of sp³-hybridized carbons (Fsp3) is 1.00. The fourth-order valence-corrected chi connectivity index (χ4v) is 4.95. The summed E-state index contributed by atoms with van der Waals surface area (Å²) in [6.07, 6.45) is 15.9. The highest BCUT2D eigenvalue weighted by Crippen LogP contribution is 2.36. The third-order valence-electron chi connectivity index (χ3n) is 6.37. The van der Waals surface area contributed by atoms with Gasteiger partial charge < -0.3 is 5.32 Å². The van der Waals surface area contributed by atoms with Crippen LogP contribution in [0.25, 0.3) is 0 Å². The Kier molecular flexibility index (Phi) is 5.04. The zero-order chi connectivity index (χ0) is 13.8. The average molecular weight is 278 g/mol. The van der Waals surface area contributed by atoms with Crippen LogP contribution in [-0.2, 0) is 0 Å². The van der Waals surface area contributed by atoms with Gasteiger partial charge in [-0.3, -0.25) is 4.90 Å². The summed E-state index contributed by atoms with van der Waals surface area (Å²) in [4.78, 5) is 2.88. The van der Waals surface area contributed by atoms with Gasteiger partial charge >= 0.3 is 0 Å². The monoisotopic (exact) mass is 278 g/mol. The minimum atomic E-state index is 0.515. The van der Waals surface area contributed by atoms with Gasteiger partial charge in [-0.1, -0.05) is 39.0 Å². The van der Waals surface area contributed by atoms with Crippen molar-refractivity contribution < 1.29 is 0 Å². The van der Waals surface area contributed by atoms with Crippen LogP contribution in [0, 0.1) is 5.92 Å². The summed E-state index contributed by atoms with van der Waals surface area (Å²) in [7, 11) is 0. The van der Waals surface area contributed by atoms with Gasteiger partial charge in [-0.15, -0.1) is 0 Å². The molecule has 0 aromatic rings. The lowest BCUT2D eigenvalue weighted by Crippen LogP contribution is -2.58. The molecule has 2 heteroatoms. The van der Waals surface area contributed by atoms with Crippen LogP contribution in [0.15, 0.2) is 0 Å². The van der Waals surface area contributed by atoms with Crippen molar-refractivity contribution in [2.24, 2.45) is 5.92 Å². The second kappa shape index (κ2) is 6.79. The summed E-state index contributed by atoms with van der Waals surface area (Å²) in [5.74, 6) is 0.900. The lowest BCUT2D eigenvalue weighted by Gasteiger charge is -2.49. The topological polar surface area (TPSA) is 15.3 Å². The maximum Gasteiger partial charge on any atom is 0.0334 e. The van der Waals surface area contributed by atoms with E-state index in [2.05, 4.69) is 17.1 Å². The number of nitrogens with zero attached hydrogens (tertiary/aromatic N) is 1. The molecule has 3 aliphatic rings. The van der Waals surface area contributed by atoms with Gasteiger partial charge in [0.05, 0.1) is 0 Å². The maximum atomic E-state index is 4.00. The zero-order valence-electron chi connectivity index (χ0n) is 13.5. The van der Waals surface area contributed by atoms with Crippen molar-refractivity contribution in [3.05, 3.63) is 0 Å². The molecule has 0 aromatic carbocycles. The second-order valence-corrected chi connectivity index (χ2v) is 7.73. The second-order valence-electron chi connectivity index (χ2n) is 7.73. The van der Waals surface area contributed by atoms with Crippen LogP contribution >= 0.6 is 0 Å². The Morgan fingerprint density at radius 1 is 0.900 bits per heavy atom. The van der Waals surface area contributed by atoms with Crippen LogP contribution in [0.1, 0.15) is 77.6 Å². The van der Waals surface area contributed by atoms with Crippen molar-refractivity contribution in [1.29, 1.82) is 0 Å². The van der Waals surface area contributed by atoms with Crippen molar-refractivity contribution in [3.63, 3.8) is 0 Å². The molecule has 1 aliphatic heterocycles. The van der Waals surface area contributed by atoms with Crippen molar-refractivity contribution >= 4 is 0 Å². The molecular formula is C18H34N2. The molecule has 1 N–H and O–H groups in total. The molecule has 1 saturated heterocycles. The van der Waals surface area contributed by atoms with E-state index in [0.29, 0.717) is 5.54 Å². The van der Waals surface area contributed by atoms with Gasteiger partial charge in [-0.05, 0) is 57.5 Å². The highest BCUT2D eigenvalue weighted by atomic mass is 15.2. The number of rotatable bonds is 4. The van der Waals surface area contributed by atoms with Crippen molar-refractivity contribution in [1.82, 2.24) is 10.2 Å². The number of nitrogens with one attached hydrogen (secondary N) is 1. The highest BCUT2D eigenvalue weighted by Gasteiger charge is 2.39. The Morgan fingerprint density at radius 3 is 2.25 bits per heavy atom. The third-order valence-corrected chi connectivity index (χ3v) is 6.37. The molecule has 0 spiro atoms. The van der Waals surface area contributed by atoms with E-state index >= 15 is 0 Å². The molecule has 2 atom stereocenters. The summed E-state index contributed by atoms with van der Waals surface area (Å²) >= 11 is 0. The van der Waals surface area contributed by atoms with Crippen LogP contribution < -0.4 is 5.32 Å². The van der Waals surface area contributed by atoms with Crippen LogP contribution in [0.3, 0.4) is 0 Å². The molecule has 3 fully saturated rings. The van der Waals surface area contributed by atoms with Crippen molar-refractivity contribution in [2.75, 3.05) is 19.6 Å². The molecule has 0 radical (unpaired) electrons. The minimum Gasteiger partial charge on any atom is -0.312 e. The molecule has 3 rings (SSSR count). The summed E-state index contributed by atoms with van der Waals surface area (Å²) < 4.78 is 0. The Bertz CT molecular complexity index is 290. The Balaban J connectivity index is 1.62. The van der Waals surface area contributed by atoms with Crippen LogP contribution in [0.2, 0.25) is 0 Å². The number of piperidine rings is 1. The van der Waals surface area contributed by atoms with E-state index in [1.807, 2.05) is 0 Å². The highest BCUT2D eigenvalue weighted by molar-refractivity contribution is 4.97. The molecule has 2 unspecified atom stereocenters. The number of hydrogen-bond acceptors (Lipinski definition) is 2. The van der Waals surface area contributed by atoms with Gasteiger partial charge in [0.2, 0.25) is 0 Å². The number of likely N-dealkylation sites (tertiary alicyclic amines) is 1. The molecule has 0 bridgehead atoms. The predicted octanol–water partition coefficient (Wildman–Crippen LogP) is 3.95. The largest absolute Gasteiger partial charge is 0.312 e. The van der Waals surface area contributed by atoms with E-state index in [1.54, 1.807) is 0 Å². The van der Waals surface area contributed by atoms with Gasteiger partial charge in [0.15, 0.2) is 0 Å². The summed E-state index contributed by atoms with van der Waals surface area (Å²) in [5, 5.41) is 4.00. The SMILES string of the molecule is CC1CCCC1NCC1(N2CCCCC2)CCCCC1. The quantitative estimate of drug-likeness (QED) is 0.837. The molecule has 1 heterocycles. The normalized spacial score (nSPS) is 35.2. The Labute approximate surface area is 125 Å². The van der Waals surface area contributed by atoms with Gasteiger partial charge in [-0.2, -0.15) is 0 Å². The standard InChI is InChI=1S/C18H34N2/c1-16-9-8-10-17(16)19-15-18(11-4-2-5-12-18)20-13-6-3-7-14-20/h16-17,19H,2-15H2,1H3. The first kappa shape index (κ1) is 14.8. The van der Waals surface area contributed by atoms with E-state index in [0.717, 1.165) is 12.0 Å². The van der Waals surface area contributed by atoms with Crippen LogP contribution in [0.4, 0.5) is 0 Å². The van der Waals surface area contributed by atoms with Gasteiger partial charge in [0, 0.05) is 18.1 Å². The predicted molar refractivity (Wildman–Crippen MR) is 86.0 cm³/mol. The molecular weight excluding hydrogens is 244 g/mol. The minimum absolute atomic E-state index is 0.515. The maximum absolute atomic E-state index is 4.00. The lowest BCUT2D eigenvalue weighted by atomic mass is 9.79.